The number of piperidine rings is 1. The molecule has 0 saturated carbocycles. The second-order valence-electron chi connectivity index (χ2n) is 8.06. The number of carbonyl (C=O) groups is 1. The number of carbonyl (C=O) groups excluding carboxylic acids is 1. The predicted octanol–water partition coefficient (Wildman–Crippen LogP) is 3.00. The average Bonchev–Trinajstić information content (AvgIpc) is 3.21. The van der Waals surface area contributed by atoms with E-state index in [1.54, 1.807) is 0 Å². The summed E-state index contributed by atoms with van der Waals surface area (Å²) in [5.74, 6) is 0.314. The first-order valence-corrected chi connectivity index (χ1v) is 9.38. The van der Waals surface area contributed by atoms with Crippen molar-refractivity contribution >= 4 is 16.9 Å². The van der Waals surface area contributed by atoms with E-state index in [1.165, 1.54) is 5.57 Å². The highest BCUT2D eigenvalue weighted by atomic mass is 16.6. The summed E-state index contributed by atoms with van der Waals surface area (Å²) in [6, 6.07) is 6.02. The molecule has 2 aliphatic rings. The van der Waals surface area contributed by atoms with E-state index in [1.807, 2.05) is 17.0 Å². The molecule has 6 heteroatoms. The van der Waals surface area contributed by atoms with Crippen LogP contribution in [0.2, 0.25) is 0 Å². The number of benzene rings is 1. The smallest absolute Gasteiger partial charge is 0.223 e. The van der Waals surface area contributed by atoms with Gasteiger partial charge in [0.1, 0.15) is 11.0 Å². The standard InChI is InChI=1S/C20H26N4O2/c1-15(2)6-9-24-14-20(12-18(24)25)7-10-23(11-8-20)13-16-4-3-5-17-19(16)22-26-21-17/h3-6H,7-14H2,1-2H3. The highest BCUT2D eigenvalue weighted by Gasteiger charge is 2.44. The maximum Gasteiger partial charge on any atom is 0.223 e. The van der Waals surface area contributed by atoms with Crippen LogP contribution >= 0.6 is 0 Å². The Balaban J connectivity index is 1.38. The van der Waals surface area contributed by atoms with Gasteiger partial charge in [-0.1, -0.05) is 23.8 Å². The van der Waals surface area contributed by atoms with Crippen LogP contribution in [0.5, 0.6) is 0 Å². The lowest BCUT2D eigenvalue weighted by molar-refractivity contribution is -0.127. The second-order valence-corrected chi connectivity index (χ2v) is 8.06. The largest absolute Gasteiger partial charge is 0.338 e. The molecule has 1 spiro atoms. The van der Waals surface area contributed by atoms with Crippen molar-refractivity contribution in [1.29, 1.82) is 0 Å². The quantitative estimate of drug-likeness (QED) is 0.790. The van der Waals surface area contributed by atoms with Crippen molar-refractivity contribution in [2.75, 3.05) is 26.2 Å². The van der Waals surface area contributed by atoms with E-state index in [4.69, 9.17) is 4.63 Å². The van der Waals surface area contributed by atoms with E-state index in [0.29, 0.717) is 12.3 Å². The van der Waals surface area contributed by atoms with Crippen LogP contribution in [0.25, 0.3) is 11.0 Å². The number of nitrogens with zero attached hydrogens (tertiary/aromatic N) is 4. The van der Waals surface area contributed by atoms with Crippen LogP contribution in [0.3, 0.4) is 0 Å². The lowest BCUT2D eigenvalue weighted by Crippen LogP contribution is -2.41. The third kappa shape index (κ3) is 3.38. The van der Waals surface area contributed by atoms with Crippen molar-refractivity contribution in [1.82, 2.24) is 20.1 Å². The molecule has 0 atom stereocenters. The zero-order valence-corrected chi connectivity index (χ0v) is 15.6. The van der Waals surface area contributed by atoms with E-state index < -0.39 is 0 Å². The summed E-state index contributed by atoms with van der Waals surface area (Å²) < 4.78 is 4.87. The number of rotatable bonds is 4. The predicted molar refractivity (Wildman–Crippen MR) is 99.4 cm³/mol. The van der Waals surface area contributed by atoms with Gasteiger partial charge >= 0.3 is 0 Å². The topological polar surface area (TPSA) is 62.5 Å². The van der Waals surface area contributed by atoms with Gasteiger partial charge in [0, 0.05) is 26.1 Å². The highest BCUT2D eigenvalue weighted by molar-refractivity contribution is 5.79. The van der Waals surface area contributed by atoms with Crippen molar-refractivity contribution < 1.29 is 9.42 Å². The van der Waals surface area contributed by atoms with Gasteiger partial charge < -0.3 is 4.90 Å². The maximum atomic E-state index is 12.4. The number of fused-ring (bicyclic) bond motifs is 1. The molecule has 4 rings (SSSR count). The molecular formula is C20H26N4O2. The number of hydrogen-bond acceptors (Lipinski definition) is 5. The van der Waals surface area contributed by atoms with Gasteiger partial charge in [-0.25, -0.2) is 4.63 Å². The average molecular weight is 354 g/mol. The Morgan fingerprint density at radius 1 is 1.27 bits per heavy atom. The Hall–Kier alpha value is -2.21. The van der Waals surface area contributed by atoms with Crippen molar-refractivity contribution in [3.05, 3.63) is 35.4 Å². The summed E-state index contributed by atoms with van der Waals surface area (Å²) in [5.41, 5.74) is 4.27. The SMILES string of the molecule is CC(C)=CCN1CC2(CCN(Cc3cccc4nonc34)CC2)CC1=O. The van der Waals surface area contributed by atoms with Gasteiger partial charge in [-0.2, -0.15) is 0 Å². The van der Waals surface area contributed by atoms with E-state index in [9.17, 15) is 4.79 Å². The first-order chi connectivity index (χ1) is 12.5. The number of aromatic nitrogens is 2. The van der Waals surface area contributed by atoms with Crippen molar-refractivity contribution in [3.8, 4) is 0 Å². The zero-order chi connectivity index (χ0) is 18.1. The van der Waals surface area contributed by atoms with Gasteiger partial charge in [-0.05, 0) is 67.1 Å². The molecule has 6 nitrogen and oxygen atoms in total. The second kappa shape index (κ2) is 6.83. The molecular weight excluding hydrogens is 328 g/mol. The van der Waals surface area contributed by atoms with Gasteiger partial charge in [-0.3, -0.25) is 9.69 Å². The van der Waals surface area contributed by atoms with Crippen LogP contribution in [0.4, 0.5) is 0 Å². The summed E-state index contributed by atoms with van der Waals surface area (Å²) in [6.45, 7) is 8.73. The molecule has 0 bridgehead atoms. The van der Waals surface area contributed by atoms with Gasteiger partial charge in [0.05, 0.1) is 0 Å². The minimum Gasteiger partial charge on any atom is -0.338 e. The molecule has 2 aliphatic heterocycles. The summed E-state index contributed by atoms with van der Waals surface area (Å²) in [7, 11) is 0. The molecule has 1 aromatic heterocycles. The first-order valence-electron chi connectivity index (χ1n) is 9.38. The third-order valence-electron chi connectivity index (χ3n) is 5.81. The van der Waals surface area contributed by atoms with Gasteiger partial charge in [0.15, 0.2) is 0 Å². The lowest BCUT2D eigenvalue weighted by atomic mass is 9.77. The van der Waals surface area contributed by atoms with Crippen LogP contribution < -0.4 is 0 Å². The van der Waals surface area contributed by atoms with Gasteiger partial charge in [0.2, 0.25) is 5.91 Å². The Morgan fingerprint density at radius 2 is 2.08 bits per heavy atom. The molecule has 1 amide bonds. The Bertz CT molecular complexity index is 829. The Labute approximate surface area is 153 Å². The molecule has 0 unspecified atom stereocenters. The number of hydrogen-bond donors (Lipinski definition) is 0. The van der Waals surface area contributed by atoms with Crippen LogP contribution in [0.1, 0.15) is 38.7 Å². The van der Waals surface area contributed by atoms with Crippen LogP contribution in [-0.4, -0.2) is 52.2 Å². The molecule has 0 radical (unpaired) electrons. The van der Waals surface area contributed by atoms with Crippen LogP contribution in [0.15, 0.2) is 34.5 Å². The molecule has 2 aromatic rings. The normalized spacial score (nSPS) is 20.2. The minimum atomic E-state index is 0.171. The molecule has 2 fully saturated rings. The third-order valence-corrected chi connectivity index (χ3v) is 5.81. The molecule has 0 aliphatic carbocycles. The Kier molecular flexibility index (Phi) is 4.53. The molecule has 0 N–H and O–H groups in total. The van der Waals surface area contributed by atoms with Crippen molar-refractivity contribution in [2.45, 2.75) is 39.7 Å². The number of amides is 1. The molecule has 26 heavy (non-hydrogen) atoms. The van der Waals surface area contributed by atoms with E-state index in [0.717, 1.165) is 62.2 Å². The minimum absolute atomic E-state index is 0.171. The Morgan fingerprint density at radius 3 is 2.85 bits per heavy atom. The highest BCUT2D eigenvalue weighted by Crippen LogP contribution is 2.41. The van der Waals surface area contributed by atoms with Crippen molar-refractivity contribution in [2.24, 2.45) is 5.41 Å². The van der Waals surface area contributed by atoms with Gasteiger partial charge in [0.25, 0.3) is 0 Å². The fourth-order valence-corrected chi connectivity index (χ4v) is 4.19. The monoisotopic (exact) mass is 354 g/mol. The summed E-state index contributed by atoms with van der Waals surface area (Å²) >= 11 is 0. The fourth-order valence-electron chi connectivity index (χ4n) is 4.19. The summed E-state index contributed by atoms with van der Waals surface area (Å²) in [5, 5.41) is 7.96. The van der Waals surface area contributed by atoms with Crippen LogP contribution in [-0.2, 0) is 11.3 Å². The molecule has 1 aromatic carbocycles. The van der Waals surface area contributed by atoms with E-state index >= 15 is 0 Å². The molecule has 3 heterocycles. The maximum absolute atomic E-state index is 12.4. The van der Waals surface area contributed by atoms with Crippen LogP contribution in [0, 0.1) is 5.41 Å². The molecule has 2 saturated heterocycles. The summed E-state index contributed by atoms with van der Waals surface area (Å²) in [4.78, 5) is 16.9. The number of likely N-dealkylation sites (tertiary alicyclic amines) is 2. The van der Waals surface area contributed by atoms with Crippen molar-refractivity contribution in [3.63, 3.8) is 0 Å². The van der Waals surface area contributed by atoms with Gasteiger partial charge in [-0.15, -0.1) is 0 Å². The van der Waals surface area contributed by atoms with E-state index in [-0.39, 0.29) is 5.41 Å². The first kappa shape index (κ1) is 17.2. The lowest BCUT2D eigenvalue weighted by Gasteiger charge is -2.38. The molecule has 138 valence electrons. The fraction of sp³-hybridized carbons (Fsp3) is 0.550. The number of allylic oxidation sites excluding steroid dienone is 1. The van der Waals surface area contributed by atoms with E-state index in [2.05, 4.69) is 41.2 Å². The summed E-state index contributed by atoms with van der Waals surface area (Å²) in [6.07, 6.45) is 5.02. The zero-order valence-electron chi connectivity index (χ0n) is 15.6.